The van der Waals surface area contributed by atoms with E-state index in [-0.39, 0.29) is 5.56 Å². The Morgan fingerprint density at radius 2 is 1.93 bits per heavy atom. The number of hydrogen-bond acceptors (Lipinski definition) is 4. The van der Waals surface area contributed by atoms with E-state index in [0.717, 1.165) is 15.6 Å². The summed E-state index contributed by atoms with van der Waals surface area (Å²) in [5, 5.41) is 5.55. The molecule has 1 heterocycles. The summed E-state index contributed by atoms with van der Waals surface area (Å²) in [7, 11) is 0. The van der Waals surface area contributed by atoms with Crippen LogP contribution in [0.25, 0.3) is 10.9 Å². The van der Waals surface area contributed by atoms with E-state index in [4.69, 9.17) is 16.3 Å². The largest absolute Gasteiger partial charge is 0.489 e. The highest BCUT2D eigenvalue weighted by molar-refractivity contribution is 9.10. The van der Waals surface area contributed by atoms with Gasteiger partial charge in [-0.3, -0.25) is 4.79 Å². The van der Waals surface area contributed by atoms with Crippen molar-refractivity contribution in [3.8, 4) is 5.75 Å². The number of aryl methyl sites for hydroxylation is 1. The van der Waals surface area contributed by atoms with Gasteiger partial charge in [-0.1, -0.05) is 51.8 Å². The van der Waals surface area contributed by atoms with Crippen LogP contribution in [-0.4, -0.2) is 15.9 Å². The molecule has 4 aromatic rings. The second-order valence-corrected chi connectivity index (χ2v) is 8.02. The van der Waals surface area contributed by atoms with E-state index in [2.05, 4.69) is 26.0 Å². The molecular weight excluding hydrogens is 466 g/mol. The molecule has 0 radical (unpaired) electrons. The summed E-state index contributed by atoms with van der Waals surface area (Å²) >= 11 is 9.30. The van der Waals surface area contributed by atoms with Crippen molar-refractivity contribution in [1.82, 2.24) is 9.66 Å². The lowest BCUT2D eigenvalue weighted by atomic mass is 10.2. The van der Waals surface area contributed by atoms with Crippen LogP contribution in [0.15, 0.2) is 81.1 Å². The Morgan fingerprint density at radius 1 is 1.13 bits per heavy atom. The Morgan fingerprint density at radius 3 is 2.73 bits per heavy atom. The van der Waals surface area contributed by atoms with E-state index in [1.54, 1.807) is 19.2 Å². The SMILES string of the molecule is Cc1nc2ccc(Br)cc2c(=O)n1N=Cc1cccc(OCc2ccc(Cl)cc2)c1. The Kier molecular flexibility index (Phi) is 5.97. The number of aromatic nitrogens is 2. The van der Waals surface area contributed by atoms with Gasteiger partial charge in [0.05, 0.1) is 17.1 Å². The van der Waals surface area contributed by atoms with Gasteiger partial charge in [0.15, 0.2) is 0 Å². The van der Waals surface area contributed by atoms with Gasteiger partial charge in [-0.05, 0) is 60.5 Å². The van der Waals surface area contributed by atoms with Crippen molar-refractivity contribution in [3.05, 3.63) is 104 Å². The monoisotopic (exact) mass is 481 g/mol. The minimum atomic E-state index is -0.217. The number of fused-ring (bicyclic) bond motifs is 1. The van der Waals surface area contributed by atoms with E-state index in [1.165, 1.54) is 4.68 Å². The smallest absolute Gasteiger partial charge is 0.282 e. The van der Waals surface area contributed by atoms with Crippen molar-refractivity contribution in [2.45, 2.75) is 13.5 Å². The lowest BCUT2D eigenvalue weighted by Gasteiger charge is -2.08. The zero-order valence-corrected chi connectivity index (χ0v) is 18.4. The third-order valence-corrected chi connectivity index (χ3v) is 5.21. The molecule has 0 unspecified atom stereocenters. The maximum Gasteiger partial charge on any atom is 0.282 e. The molecule has 0 N–H and O–H groups in total. The zero-order chi connectivity index (χ0) is 21.1. The molecule has 0 aliphatic heterocycles. The van der Waals surface area contributed by atoms with Gasteiger partial charge in [0, 0.05) is 9.50 Å². The molecule has 0 atom stereocenters. The van der Waals surface area contributed by atoms with E-state index in [0.29, 0.717) is 34.1 Å². The van der Waals surface area contributed by atoms with Crippen LogP contribution in [0.1, 0.15) is 17.0 Å². The fourth-order valence-electron chi connectivity index (χ4n) is 2.95. The van der Waals surface area contributed by atoms with E-state index >= 15 is 0 Å². The molecule has 150 valence electrons. The Balaban J connectivity index is 1.56. The molecule has 0 spiro atoms. The van der Waals surface area contributed by atoms with Crippen LogP contribution >= 0.6 is 27.5 Å². The number of benzene rings is 3. The van der Waals surface area contributed by atoms with Crippen LogP contribution in [0.2, 0.25) is 5.02 Å². The van der Waals surface area contributed by atoms with E-state index in [1.807, 2.05) is 60.7 Å². The van der Waals surface area contributed by atoms with Gasteiger partial charge >= 0.3 is 0 Å². The maximum absolute atomic E-state index is 12.8. The summed E-state index contributed by atoms with van der Waals surface area (Å²) < 4.78 is 7.97. The molecule has 0 amide bonds. The highest BCUT2D eigenvalue weighted by Crippen LogP contribution is 2.17. The Hall–Kier alpha value is -2.96. The van der Waals surface area contributed by atoms with Crippen molar-refractivity contribution >= 4 is 44.6 Å². The molecule has 0 aliphatic rings. The van der Waals surface area contributed by atoms with Gasteiger partial charge < -0.3 is 4.74 Å². The van der Waals surface area contributed by atoms with Crippen molar-refractivity contribution in [3.63, 3.8) is 0 Å². The molecule has 0 aliphatic carbocycles. The molecule has 0 saturated heterocycles. The second kappa shape index (κ2) is 8.81. The number of ether oxygens (including phenoxy) is 1. The molecule has 7 heteroatoms. The zero-order valence-electron chi connectivity index (χ0n) is 16.0. The Labute approximate surface area is 186 Å². The first-order valence-electron chi connectivity index (χ1n) is 9.20. The predicted octanol–water partition coefficient (Wildman–Crippen LogP) is 5.58. The first kappa shape index (κ1) is 20.3. The first-order chi connectivity index (χ1) is 14.5. The van der Waals surface area contributed by atoms with Gasteiger partial charge in [0.1, 0.15) is 18.2 Å². The molecule has 0 saturated carbocycles. The maximum atomic E-state index is 12.8. The van der Waals surface area contributed by atoms with Crippen LogP contribution in [0.5, 0.6) is 5.75 Å². The lowest BCUT2D eigenvalue weighted by molar-refractivity contribution is 0.306. The third-order valence-electron chi connectivity index (χ3n) is 4.47. The van der Waals surface area contributed by atoms with Crippen LogP contribution < -0.4 is 10.3 Å². The fourth-order valence-corrected chi connectivity index (χ4v) is 3.44. The average molecular weight is 483 g/mol. The van der Waals surface area contributed by atoms with Crippen LogP contribution in [-0.2, 0) is 6.61 Å². The number of halogens is 2. The van der Waals surface area contributed by atoms with Crippen molar-refractivity contribution in [1.29, 1.82) is 0 Å². The molecule has 0 bridgehead atoms. The fraction of sp³-hybridized carbons (Fsp3) is 0.0870. The van der Waals surface area contributed by atoms with Gasteiger partial charge in [-0.2, -0.15) is 9.78 Å². The summed E-state index contributed by atoms with van der Waals surface area (Å²) in [4.78, 5) is 17.3. The molecule has 0 fully saturated rings. The number of nitrogens with zero attached hydrogens (tertiary/aromatic N) is 3. The molecule has 5 nitrogen and oxygen atoms in total. The third kappa shape index (κ3) is 4.61. The molecule has 30 heavy (non-hydrogen) atoms. The summed E-state index contributed by atoms with van der Waals surface area (Å²) in [6.45, 7) is 2.19. The molecule has 4 rings (SSSR count). The number of hydrogen-bond donors (Lipinski definition) is 0. The topological polar surface area (TPSA) is 56.5 Å². The van der Waals surface area contributed by atoms with Crippen molar-refractivity contribution < 1.29 is 4.74 Å². The van der Waals surface area contributed by atoms with E-state index in [9.17, 15) is 4.79 Å². The summed E-state index contributed by atoms with van der Waals surface area (Å²) in [6, 6.07) is 20.4. The van der Waals surface area contributed by atoms with Crippen LogP contribution in [0, 0.1) is 6.92 Å². The predicted molar refractivity (Wildman–Crippen MR) is 124 cm³/mol. The first-order valence-corrected chi connectivity index (χ1v) is 10.4. The highest BCUT2D eigenvalue weighted by atomic mass is 79.9. The molecular formula is C23H17BrClN3O2. The van der Waals surface area contributed by atoms with Gasteiger partial charge in [0.2, 0.25) is 0 Å². The quantitative estimate of drug-likeness (QED) is 0.349. The van der Waals surface area contributed by atoms with Gasteiger partial charge in [-0.15, -0.1) is 0 Å². The van der Waals surface area contributed by atoms with Crippen LogP contribution in [0.3, 0.4) is 0 Å². The minimum absolute atomic E-state index is 0.217. The van der Waals surface area contributed by atoms with Crippen LogP contribution in [0.4, 0.5) is 0 Å². The lowest BCUT2D eigenvalue weighted by Crippen LogP contribution is -2.20. The minimum Gasteiger partial charge on any atom is -0.489 e. The Bertz CT molecular complexity index is 1300. The van der Waals surface area contributed by atoms with Crippen molar-refractivity contribution in [2.75, 3.05) is 0 Å². The number of rotatable bonds is 5. The summed E-state index contributed by atoms with van der Waals surface area (Å²) in [5.74, 6) is 1.22. The molecule has 3 aromatic carbocycles. The highest BCUT2D eigenvalue weighted by Gasteiger charge is 2.07. The van der Waals surface area contributed by atoms with Crippen molar-refractivity contribution in [2.24, 2.45) is 5.10 Å². The normalized spacial score (nSPS) is 11.3. The van der Waals surface area contributed by atoms with E-state index < -0.39 is 0 Å². The van der Waals surface area contributed by atoms with Gasteiger partial charge in [0.25, 0.3) is 5.56 Å². The summed E-state index contributed by atoms with van der Waals surface area (Å²) in [5.41, 5.74) is 2.26. The molecule has 1 aromatic heterocycles. The van der Waals surface area contributed by atoms with Gasteiger partial charge in [-0.25, -0.2) is 4.98 Å². The summed E-state index contributed by atoms with van der Waals surface area (Å²) in [6.07, 6.45) is 1.62. The second-order valence-electron chi connectivity index (χ2n) is 6.67. The standard InChI is InChI=1S/C23H17BrClN3O2/c1-15-27-22-10-7-18(24)12-21(22)23(29)28(15)26-13-17-3-2-4-20(11-17)30-14-16-5-8-19(25)9-6-16/h2-13H,14H2,1H3. The average Bonchev–Trinajstić information content (AvgIpc) is 2.74.